The highest BCUT2D eigenvalue weighted by molar-refractivity contribution is 9.10. The van der Waals surface area contributed by atoms with Gasteiger partial charge in [0.05, 0.1) is 23.0 Å². The number of aromatic nitrogens is 10. The maximum atomic E-state index is 13.8. The van der Waals surface area contributed by atoms with Crippen LogP contribution in [0.1, 0.15) is 90.4 Å². The van der Waals surface area contributed by atoms with E-state index in [0.717, 1.165) is 88.9 Å². The van der Waals surface area contributed by atoms with Gasteiger partial charge in [0.15, 0.2) is 5.82 Å². The molecule has 0 saturated carbocycles. The minimum Gasteiger partial charge on any atom is -0.268 e. The van der Waals surface area contributed by atoms with Crippen LogP contribution in [-0.4, -0.2) is 49.7 Å². The van der Waals surface area contributed by atoms with Crippen molar-refractivity contribution in [2.24, 2.45) is 0 Å². The van der Waals surface area contributed by atoms with E-state index >= 15 is 0 Å². The third-order valence-electron chi connectivity index (χ3n) is 12.1. The Hall–Kier alpha value is -7.54. The van der Waals surface area contributed by atoms with Crippen molar-refractivity contribution in [1.82, 2.24) is 49.7 Å². The second kappa shape index (κ2) is 23.4. The summed E-state index contributed by atoms with van der Waals surface area (Å²) >= 11 is 6.81. The van der Waals surface area contributed by atoms with Gasteiger partial charge in [0, 0.05) is 29.5 Å². The maximum Gasteiger partial charge on any atom is 0.263 e. The highest BCUT2D eigenvalue weighted by Gasteiger charge is 2.20. The number of nitrogens with one attached hydrogen (secondary N) is 1. The molecule has 0 spiro atoms. The molecular weight excluding hydrogens is 1020 g/mol. The fourth-order valence-corrected chi connectivity index (χ4v) is 9.21. The van der Waals surface area contributed by atoms with Gasteiger partial charge in [0.2, 0.25) is 0 Å². The van der Waals surface area contributed by atoms with E-state index in [4.69, 9.17) is 9.97 Å². The summed E-state index contributed by atoms with van der Waals surface area (Å²) in [6.07, 6.45) is 6.53. The van der Waals surface area contributed by atoms with Crippen molar-refractivity contribution in [3.63, 3.8) is 0 Å². The molecule has 0 fully saturated rings. The molecule has 15 heteroatoms. The van der Waals surface area contributed by atoms with E-state index in [9.17, 15) is 14.9 Å². The molecule has 0 radical (unpaired) electrons. The minimum atomic E-state index is -0.0805. The second-order valence-electron chi connectivity index (χ2n) is 17.0. The molecule has 5 heterocycles. The van der Waals surface area contributed by atoms with Gasteiger partial charge in [0.1, 0.15) is 32.5 Å². The van der Waals surface area contributed by atoms with Crippen molar-refractivity contribution < 1.29 is 0 Å². The number of aromatic amines is 1. The SMILES string of the molecule is CCCCc1nc(C)n(-c2cccc(Br)n2)c(=O)c1Cc1ccc(-c2ccccc2-c2nnn[nH]2)cc1.CCCCc1nc(C)n(-c2cccc(Br)n2)c(=O)c1Cc1ccc(-c2ccccc2C#N)cc1. The molecule has 13 nitrogen and oxygen atoms in total. The minimum absolute atomic E-state index is 0.0727. The summed E-state index contributed by atoms with van der Waals surface area (Å²) in [4.78, 5) is 46.2. The first-order chi connectivity index (χ1) is 34.6. The molecule has 9 rings (SSSR count). The Kier molecular flexibility index (Phi) is 16.4. The van der Waals surface area contributed by atoms with Gasteiger partial charge in [-0.05, 0) is 146 Å². The van der Waals surface area contributed by atoms with Crippen LogP contribution in [0.3, 0.4) is 0 Å². The molecule has 0 unspecified atom stereocenters. The molecule has 71 heavy (non-hydrogen) atoms. The number of tetrazole rings is 1. The number of benzene rings is 4. The Bertz CT molecular complexity index is 3460. The van der Waals surface area contributed by atoms with E-state index in [1.54, 1.807) is 9.13 Å². The van der Waals surface area contributed by atoms with E-state index in [1.165, 1.54) is 0 Å². The highest BCUT2D eigenvalue weighted by atomic mass is 79.9. The van der Waals surface area contributed by atoms with Crippen LogP contribution in [0.15, 0.2) is 152 Å². The first-order valence-corrected chi connectivity index (χ1v) is 25.1. The number of halogens is 2. The number of rotatable bonds is 15. The molecule has 0 bridgehead atoms. The quantitative estimate of drug-likeness (QED) is 0.0973. The first kappa shape index (κ1) is 49.9. The number of pyridine rings is 2. The zero-order valence-electron chi connectivity index (χ0n) is 39.9. The summed E-state index contributed by atoms with van der Waals surface area (Å²) in [7, 11) is 0. The molecule has 5 aromatic heterocycles. The molecule has 0 amide bonds. The normalized spacial score (nSPS) is 10.9. The third kappa shape index (κ3) is 11.7. The van der Waals surface area contributed by atoms with Crippen LogP contribution in [-0.2, 0) is 25.7 Å². The predicted octanol–water partition coefficient (Wildman–Crippen LogP) is 11.6. The number of H-pyrrole nitrogens is 1. The van der Waals surface area contributed by atoms with Gasteiger partial charge in [-0.15, -0.1) is 5.10 Å². The van der Waals surface area contributed by atoms with Crippen molar-refractivity contribution in [2.75, 3.05) is 0 Å². The second-order valence-corrected chi connectivity index (χ2v) is 18.6. The van der Waals surface area contributed by atoms with E-state index in [0.29, 0.717) is 67.8 Å². The Morgan fingerprint density at radius 3 is 1.48 bits per heavy atom. The summed E-state index contributed by atoms with van der Waals surface area (Å²) in [5, 5.41) is 23.7. The Morgan fingerprint density at radius 1 is 0.563 bits per heavy atom. The summed E-state index contributed by atoms with van der Waals surface area (Å²) in [5.74, 6) is 3.00. The topological polar surface area (TPSA) is 174 Å². The number of unbranched alkanes of at least 4 members (excludes halogenated alkanes) is 2. The van der Waals surface area contributed by atoms with Crippen molar-refractivity contribution in [3.05, 3.63) is 214 Å². The first-order valence-electron chi connectivity index (χ1n) is 23.6. The summed E-state index contributed by atoms with van der Waals surface area (Å²) in [6.45, 7) is 7.99. The summed E-state index contributed by atoms with van der Waals surface area (Å²) in [6, 6.07) is 45.2. The zero-order valence-corrected chi connectivity index (χ0v) is 43.1. The molecule has 0 atom stereocenters. The van der Waals surface area contributed by atoms with Gasteiger partial charge in [0.25, 0.3) is 11.1 Å². The lowest BCUT2D eigenvalue weighted by molar-refractivity contribution is 0.728. The monoisotopic (exact) mass is 1070 g/mol. The maximum absolute atomic E-state index is 13.8. The van der Waals surface area contributed by atoms with Gasteiger partial charge < -0.3 is 0 Å². The molecule has 4 aromatic carbocycles. The summed E-state index contributed by atoms with van der Waals surface area (Å²) < 4.78 is 4.53. The van der Waals surface area contributed by atoms with Gasteiger partial charge in [-0.2, -0.15) is 5.26 Å². The smallest absolute Gasteiger partial charge is 0.263 e. The molecule has 0 aliphatic rings. The lowest BCUT2D eigenvalue weighted by Gasteiger charge is -2.15. The molecule has 1 N–H and O–H groups in total. The highest BCUT2D eigenvalue weighted by Crippen LogP contribution is 2.30. The molecule has 356 valence electrons. The van der Waals surface area contributed by atoms with Gasteiger partial charge >= 0.3 is 0 Å². The van der Waals surface area contributed by atoms with Crippen molar-refractivity contribution in [3.8, 4) is 51.3 Å². The van der Waals surface area contributed by atoms with Crippen molar-refractivity contribution >= 4 is 31.9 Å². The molecular formula is C56H51Br2N11O2. The summed E-state index contributed by atoms with van der Waals surface area (Å²) in [5.41, 5.74) is 10.5. The predicted molar refractivity (Wildman–Crippen MR) is 285 cm³/mol. The Balaban J connectivity index is 0.000000191. The average Bonchev–Trinajstić information content (AvgIpc) is 3.93. The lowest BCUT2D eigenvalue weighted by atomic mass is 9.96. The van der Waals surface area contributed by atoms with Gasteiger partial charge in [-0.1, -0.05) is 130 Å². The van der Waals surface area contributed by atoms with E-state index < -0.39 is 0 Å². The van der Waals surface area contributed by atoms with E-state index in [-0.39, 0.29) is 11.1 Å². The van der Waals surface area contributed by atoms with Crippen LogP contribution >= 0.6 is 31.9 Å². The van der Waals surface area contributed by atoms with Crippen LogP contribution in [0.2, 0.25) is 0 Å². The number of hydrogen-bond donors (Lipinski definition) is 1. The van der Waals surface area contributed by atoms with E-state index in [1.807, 2.05) is 123 Å². The largest absolute Gasteiger partial charge is 0.268 e. The molecule has 9 aromatic rings. The van der Waals surface area contributed by atoms with Crippen molar-refractivity contribution in [2.45, 2.75) is 79.1 Å². The number of nitrogens with zero attached hydrogens (tertiary/aromatic N) is 10. The zero-order chi connectivity index (χ0) is 49.9. The van der Waals surface area contributed by atoms with Crippen LogP contribution in [0.25, 0.3) is 45.3 Å². The van der Waals surface area contributed by atoms with Crippen LogP contribution in [0.4, 0.5) is 0 Å². The molecule has 0 aliphatic carbocycles. The third-order valence-corrected chi connectivity index (χ3v) is 13.0. The van der Waals surface area contributed by atoms with Crippen molar-refractivity contribution in [1.29, 1.82) is 5.26 Å². The Labute approximate surface area is 429 Å². The molecule has 0 aliphatic heterocycles. The number of aryl methyl sites for hydroxylation is 4. The van der Waals surface area contributed by atoms with Crippen LogP contribution < -0.4 is 11.1 Å². The lowest BCUT2D eigenvalue weighted by Crippen LogP contribution is -2.29. The van der Waals surface area contributed by atoms with E-state index in [2.05, 4.69) is 107 Å². The van der Waals surface area contributed by atoms with Gasteiger partial charge in [-0.25, -0.2) is 34.2 Å². The van der Waals surface area contributed by atoms with Crippen LogP contribution in [0.5, 0.6) is 0 Å². The fraction of sp³-hybridized carbons (Fsp3) is 0.214. The fourth-order valence-electron chi connectivity index (χ4n) is 8.54. The number of hydrogen-bond acceptors (Lipinski definition) is 10. The standard InChI is InChI=1S/C28H26BrN7O.C28H25BrN4O/c1-3-4-10-24-23(28(37)36(18(2)30-24)26-12-7-11-25(29)31-26)17-19-13-15-20(16-14-19)21-8-5-6-9-22(21)27-32-34-35-33-27;1-3-4-10-25-24(28(34)33(19(2)31-25)27-12-7-11-26(29)32-27)17-20-13-15-21(16-14-20)23-9-6-5-8-22(23)18-30/h5-9,11-16H,3-4,10,17H2,1-2H3,(H,32,33,34,35);5-9,11-16H,3-4,10,17H2,1-2H3. The molecule has 0 saturated heterocycles. The van der Waals surface area contributed by atoms with Gasteiger partial charge in [-0.3, -0.25) is 9.59 Å². The average molecular weight is 1070 g/mol. The number of nitriles is 1. The Morgan fingerprint density at radius 2 is 1.03 bits per heavy atom. The van der Waals surface area contributed by atoms with Crippen LogP contribution in [0, 0.1) is 25.2 Å².